The van der Waals surface area contributed by atoms with Crippen molar-refractivity contribution in [1.82, 2.24) is 14.5 Å². The molecule has 0 N–H and O–H groups in total. The smallest absolute Gasteiger partial charge is 0.242 e. The summed E-state index contributed by atoms with van der Waals surface area (Å²) < 4.78 is 2.04. The molecule has 0 atom stereocenters. The number of imidazole rings is 1. The monoisotopic (exact) mass is 359 g/mol. The lowest BCUT2D eigenvalue weighted by Crippen LogP contribution is -2.34. The molecule has 0 radical (unpaired) electrons. The molecule has 0 spiro atoms. The Morgan fingerprint density at radius 3 is 2.37 bits per heavy atom. The van der Waals surface area contributed by atoms with Crippen LogP contribution in [0.15, 0.2) is 54.6 Å². The van der Waals surface area contributed by atoms with Crippen LogP contribution in [-0.2, 0) is 11.3 Å². The molecule has 1 amide bonds. The third kappa shape index (κ3) is 4.11. The summed E-state index contributed by atoms with van der Waals surface area (Å²) in [7, 11) is 0. The van der Waals surface area contributed by atoms with Crippen molar-refractivity contribution in [2.45, 2.75) is 32.2 Å². The number of nitrogens with zero attached hydrogens (tertiary/aromatic N) is 3. The SMILES string of the molecule is O=C(Cn1c(/C=C/c2ccccc2)nc2ccccc21)N1CCCCCC1. The highest BCUT2D eigenvalue weighted by Crippen LogP contribution is 2.19. The first-order valence-electron chi connectivity index (χ1n) is 9.77. The normalized spacial score (nSPS) is 15.3. The summed E-state index contributed by atoms with van der Waals surface area (Å²) in [5, 5.41) is 0. The zero-order valence-electron chi connectivity index (χ0n) is 15.6. The molecular weight excluding hydrogens is 334 g/mol. The average Bonchev–Trinajstić information content (AvgIpc) is 2.87. The molecule has 1 saturated heterocycles. The predicted octanol–water partition coefficient (Wildman–Crippen LogP) is 4.61. The number of rotatable bonds is 4. The van der Waals surface area contributed by atoms with Gasteiger partial charge >= 0.3 is 0 Å². The molecule has 0 bridgehead atoms. The maximum absolute atomic E-state index is 12.9. The van der Waals surface area contributed by atoms with E-state index in [4.69, 9.17) is 4.98 Å². The summed E-state index contributed by atoms with van der Waals surface area (Å²) in [6.45, 7) is 2.09. The van der Waals surface area contributed by atoms with Crippen molar-refractivity contribution in [3.8, 4) is 0 Å². The Kier molecular flexibility index (Phi) is 5.33. The quantitative estimate of drug-likeness (QED) is 0.682. The van der Waals surface area contributed by atoms with Crippen LogP contribution in [0.1, 0.15) is 37.1 Å². The van der Waals surface area contributed by atoms with Gasteiger partial charge in [0.15, 0.2) is 0 Å². The van der Waals surface area contributed by atoms with Crippen LogP contribution in [0.25, 0.3) is 23.2 Å². The van der Waals surface area contributed by atoms with Crippen molar-refractivity contribution in [3.05, 3.63) is 66.0 Å². The van der Waals surface area contributed by atoms with E-state index in [-0.39, 0.29) is 5.91 Å². The number of fused-ring (bicyclic) bond motifs is 1. The second kappa shape index (κ2) is 8.21. The van der Waals surface area contributed by atoms with E-state index in [1.165, 1.54) is 12.8 Å². The minimum absolute atomic E-state index is 0.189. The van der Waals surface area contributed by atoms with Crippen molar-refractivity contribution in [2.24, 2.45) is 0 Å². The van der Waals surface area contributed by atoms with Gasteiger partial charge in [-0.15, -0.1) is 0 Å². The number of aromatic nitrogens is 2. The van der Waals surface area contributed by atoms with Crippen molar-refractivity contribution in [2.75, 3.05) is 13.1 Å². The van der Waals surface area contributed by atoms with Gasteiger partial charge in [-0.1, -0.05) is 61.4 Å². The Hall–Kier alpha value is -2.88. The van der Waals surface area contributed by atoms with Crippen LogP contribution < -0.4 is 0 Å². The number of para-hydroxylation sites is 2. The molecule has 4 rings (SSSR count). The third-order valence-corrected chi connectivity index (χ3v) is 5.16. The minimum atomic E-state index is 0.189. The van der Waals surface area contributed by atoms with Crippen LogP contribution in [0.3, 0.4) is 0 Å². The van der Waals surface area contributed by atoms with E-state index < -0.39 is 0 Å². The Labute approximate surface area is 160 Å². The first-order valence-corrected chi connectivity index (χ1v) is 9.77. The fourth-order valence-corrected chi connectivity index (χ4v) is 3.68. The Morgan fingerprint density at radius 2 is 1.59 bits per heavy atom. The maximum atomic E-state index is 12.9. The summed E-state index contributed by atoms with van der Waals surface area (Å²) in [6, 6.07) is 18.2. The minimum Gasteiger partial charge on any atom is -0.341 e. The lowest BCUT2D eigenvalue weighted by molar-refractivity contribution is -0.131. The summed E-state index contributed by atoms with van der Waals surface area (Å²) in [4.78, 5) is 19.7. The van der Waals surface area contributed by atoms with Gasteiger partial charge < -0.3 is 9.47 Å². The van der Waals surface area contributed by atoms with Gasteiger partial charge in [0.25, 0.3) is 0 Å². The highest BCUT2D eigenvalue weighted by atomic mass is 16.2. The van der Waals surface area contributed by atoms with Crippen LogP contribution in [-0.4, -0.2) is 33.4 Å². The van der Waals surface area contributed by atoms with Crippen LogP contribution in [0.2, 0.25) is 0 Å². The Morgan fingerprint density at radius 1 is 0.889 bits per heavy atom. The lowest BCUT2D eigenvalue weighted by atomic mass is 10.2. The van der Waals surface area contributed by atoms with Crippen molar-refractivity contribution >= 4 is 29.1 Å². The Balaban J connectivity index is 1.63. The van der Waals surface area contributed by atoms with Gasteiger partial charge in [-0.2, -0.15) is 0 Å². The van der Waals surface area contributed by atoms with Crippen LogP contribution in [0, 0.1) is 0 Å². The fraction of sp³-hybridized carbons (Fsp3) is 0.304. The molecule has 138 valence electrons. The van der Waals surface area contributed by atoms with Gasteiger partial charge in [-0.05, 0) is 36.6 Å². The predicted molar refractivity (Wildman–Crippen MR) is 110 cm³/mol. The van der Waals surface area contributed by atoms with E-state index in [0.717, 1.165) is 48.4 Å². The second-order valence-corrected chi connectivity index (χ2v) is 7.08. The Bertz CT molecular complexity index is 935. The topological polar surface area (TPSA) is 38.1 Å². The van der Waals surface area contributed by atoms with Crippen LogP contribution >= 0.6 is 0 Å². The highest BCUT2D eigenvalue weighted by Gasteiger charge is 2.18. The van der Waals surface area contributed by atoms with Gasteiger partial charge in [0.2, 0.25) is 5.91 Å². The van der Waals surface area contributed by atoms with Gasteiger partial charge in [0.05, 0.1) is 11.0 Å². The zero-order valence-corrected chi connectivity index (χ0v) is 15.6. The number of hydrogen-bond acceptors (Lipinski definition) is 2. The van der Waals surface area contributed by atoms with Crippen LogP contribution in [0.4, 0.5) is 0 Å². The first-order chi connectivity index (χ1) is 13.3. The van der Waals surface area contributed by atoms with Crippen molar-refractivity contribution in [1.29, 1.82) is 0 Å². The molecular formula is C23H25N3O. The van der Waals surface area contributed by atoms with Gasteiger partial charge in [-0.25, -0.2) is 4.98 Å². The summed E-state index contributed by atoms with van der Waals surface area (Å²) in [5.41, 5.74) is 3.05. The standard InChI is InChI=1S/C23H25N3O/c27-23(25-16-8-1-2-9-17-25)18-26-21-13-7-6-12-20(21)24-22(26)15-14-19-10-4-3-5-11-19/h3-7,10-15H,1-2,8-9,16-18H2/b15-14+. The fourth-order valence-electron chi connectivity index (χ4n) is 3.68. The first kappa shape index (κ1) is 17.5. The molecule has 1 fully saturated rings. The van der Waals surface area contributed by atoms with Gasteiger partial charge in [-0.3, -0.25) is 4.79 Å². The van der Waals surface area contributed by atoms with E-state index in [1.807, 2.05) is 64.1 Å². The van der Waals surface area contributed by atoms with E-state index in [2.05, 4.69) is 12.1 Å². The molecule has 4 heteroatoms. The average molecular weight is 359 g/mol. The molecule has 3 aromatic rings. The van der Waals surface area contributed by atoms with Crippen molar-refractivity contribution < 1.29 is 4.79 Å². The number of carbonyl (C=O) groups is 1. The van der Waals surface area contributed by atoms with Gasteiger partial charge in [0, 0.05) is 13.1 Å². The second-order valence-electron chi connectivity index (χ2n) is 7.08. The van der Waals surface area contributed by atoms with Gasteiger partial charge in [0.1, 0.15) is 12.4 Å². The van der Waals surface area contributed by atoms with Crippen molar-refractivity contribution in [3.63, 3.8) is 0 Å². The summed E-state index contributed by atoms with van der Waals surface area (Å²) >= 11 is 0. The molecule has 4 nitrogen and oxygen atoms in total. The zero-order chi connectivity index (χ0) is 18.5. The molecule has 1 aliphatic rings. The summed E-state index contributed by atoms with van der Waals surface area (Å²) in [5.74, 6) is 1.01. The summed E-state index contributed by atoms with van der Waals surface area (Å²) in [6.07, 6.45) is 8.72. The highest BCUT2D eigenvalue weighted by molar-refractivity contribution is 5.83. The molecule has 27 heavy (non-hydrogen) atoms. The lowest BCUT2D eigenvalue weighted by Gasteiger charge is -2.21. The maximum Gasteiger partial charge on any atom is 0.242 e. The van der Waals surface area contributed by atoms with E-state index >= 15 is 0 Å². The van der Waals surface area contributed by atoms with E-state index in [9.17, 15) is 4.79 Å². The number of benzene rings is 2. The largest absolute Gasteiger partial charge is 0.341 e. The molecule has 1 aliphatic heterocycles. The molecule has 0 aliphatic carbocycles. The van der Waals surface area contributed by atoms with Crippen LogP contribution in [0.5, 0.6) is 0 Å². The molecule has 2 heterocycles. The molecule has 0 saturated carbocycles. The number of likely N-dealkylation sites (tertiary alicyclic amines) is 1. The number of amides is 1. The number of hydrogen-bond donors (Lipinski definition) is 0. The van der Waals surface area contributed by atoms with E-state index in [0.29, 0.717) is 6.54 Å². The number of carbonyl (C=O) groups excluding carboxylic acids is 1. The third-order valence-electron chi connectivity index (χ3n) is 5.16. The molecule has 1 aromatic heterocycles. The molecule has 0 unspecified atom stereocenters. The van der Waals surface area contributed by atoms with E-state index in [1.54, 1.807) is 0 Å². The molecule has 2 aromatic carbocycles.